The summed E-state index contributed by atoms with van der Waals surface area (Å²) in [5, 5.41) is 70.5. The first kappa shape index (κ1) is 31.8. The van der Waals surface area contributed by atoms with Gasteiger partial charge >= 0.3 is 12.4 Å². The Hall–Kier alpha value is -7.65. The van der Waals surface area contributed by atoms with Crippen LogP contribution in [0.5, 0.6) is 0 Å². The van der Waals surface area contributed by atoms with Gasteiger partial charge in [-0.05, 0) is 6.07 Å². The summed E-state index contributed by atoms with van der Waals surface area (Å²) in [6.07, 6.45) is -7.12. The largest absolute Gasteiger partial charge is 0.451 e. The number of alkyl halides is 6. The van der Waals surface area contributed by atoms with Crippen molar-refractivity contribution in [1.82, 2.24) is 19.9 Å². The van der Waals surface area contributed by atoms with Gasteiger partial charge in [-0.3, -0.25) is 0 Å². The van der Waals surface area contributed by atoms with Crippen molar-refractivity contribution in [1.29, 1.82) is 36.8 Å². The fourth-order valence-electron chi connectivity index (χ4n) is 5.27. The van der Waals surface area contributed by atoms with Crippen molar-refractivity contribution in [3.63, 3.8) is 0 Å². The second kappa shape index (κ2) is 11.4. The van der Waals surface area contributed by atoms with E-state index in [0.29, 0.717) is 24.8 Å². The van der Waals surface area contributed by atoms with Gasteiger partial charge in [-0.2, -0.15) is 63.2 Å². The van der Waals surface area contributed by atoms with Gasteiger partial charge in [-0.1, -0.05) is 0 Å². The Kier molecular flexibility index (Phi) is 7.52. The maximum Gasteiger partial charge on any atom is 0.451 e. The summed E-state index contributed by atoms with van der Waals surface area (Å²) in [7, 11) is 0. The molecule has 0 N–H and O–H groups in total. The number of aromatic nitrogens is 4. The molecule has 2 aliphatic carbocycles. The number of rotatable bonds is 2. The first-order valence-electron chi connectivity index (χ1n) is 12.6. The van der Waals surface area contributed by atoms with Gasteiger partial charge in [-0.15, -0.1) is 0 Å². The molecule has 11 nitrogen and oxygen atoms in total. The molecule has 1 aromatic carbocycles. The third-order valence-electron chi connectivity index (χ3n) is 7.04. The van der Waals surface area contributed by atoms with E-state index in [0.717, 1.165) is 6.07 Å². The summed E-state index contributed by atoms with van der Waals surface area (Å²) in [6, 6.07) is 13.2. The van der Waals surface area contributed by atoms with E-state index in [-0.39, 0.29) is 55.7 Å². The van der Waals surface area contributed by atoms with Gasteiger partial charge in [0.15, 0.2) is 0 Å². The molecular formula is C31H5F6N11. The third kappa shape index (κ3) is 4.73. The topological polar surface area (TPSA) is 218 Å². The first-order valence-corrected chi connectivity index (χ1v) is 12.6. The van der Waals surface area contributed by atoms with Crippen molar-refractivity contribution in [2.45, 2.75) is 12.4 Å². The summed E-state index contributed by atoms with van der Waals surface area (Å²) >= 11 is 0. The van der Waals surface area contributed by atoms with E-state index in [9.17, 15) is 63.2 Å². The summed E-state index contributed by atoms with van der Waals surface area (Å²) < 4.78 is 79.2. The Labute approximate surface area is 264 Å². The second-order valence-electron chi connectivity index (χ2n) is 9.47. The number of hydrogen-bond donors (Lipinski definition) is 0. The molecule has 0 atom stereocenters. The normalized spacial score (nSPS) is 13.2. The molecule has 0 saturated heterocycles. The molecule has 3 aromatic rings. The van der Waals surface area contributed by atoms with Crippen molar-refractivity contribution in [3.05, 3.63) is 92.6 Å². The average molecular weight is 645 g/mol. The monoisotopic (exact) mass is 645 g/mol. The quantitative estimate of drug-likeness (QED) is 0.244. The third-order valence-corrected chi connectivity index (χ3v) is 7.04. The van der Waals surface area contributed by atoms with Gasteiger partial charge in [0.2, 0.25) is 11.6 Å². The minimum Gasteiger partial charge on any atom is -0.232 e. The Balaban J connectivity index is 1.94. The minimum atomic E-state index is -4.95. The van der Waals surface area contributed by atoms with E-state index >= 15 is 0 Å². The van der Waals surface area contributed by atoms with E-state index < -0.39 is 51.9 Å². The lowest BCUT2D eigenvalue weighted by atomic mass is 9.85. The van der Waals surface area contributed by atoms with Crippen molar-refractivity contribution in [3.8, 4) is 42.5 Å². The number of fused-ring (bicyclic) bond motifs is 2. The molecule has 0 radical (unpaired) electrons. The van der Waals surface area contributed by atoms with Crippen LogP contribution < -0.4 is 0 Å². The SMILES string of the molecule is N#CC(C#N)=C1C(c2cnc(C(F)(F)F)nc2)=C(C#N)c2cc3c(c(C#N)c21)C(=C(C#N)C#N)C(c1cnc(C(F)(F)F)nc1)=C3C#N. The standard InChI is InChI=1S/C31H5F6N11/c32-30(33,34)28-45-9-15(10-46-28)22-19(6-42)17-1-18-20(7-43)23(16-11-47-29(48-12-16)31(35,36)37)25(14(4-40)5-41)27(18)21(8-44)26(17)24(22)13(2-38)3-39/h1,9-12H. The van der Waals surface area contributed by atoms with E-state index in [1.807, 2.05) is 18.2 Å². The highest BCUT2D eigenvalue weighted by Crippen LogP contribution is 2.56. The number of benzene rings is 1. The summed E-state index contributed by atoms with van der Waals surface area (Å²) in [5.74, 6) is -3.08. The molecule has 0 fully saturated rings. The number of nitriles is 7. The number of allylic oxidation sites excluding steroid dienone is 8. The Morgan fingerprint density at radius 2 is 0.854 bits per heavy atom. The Bertz CT molecular complexity index is 2220. The highest BCUT2D eigenvalue weighted by Gasteiger charge is 2.42. The van der Waals surface area contributed by atoms with Crippen LogP contribution in [-0.4, -0.2) is 19.9 Å². The molecule has 0 bridgehead atoms. The van der Waals surface area contributed by atoms with E-state index in [4.69, 9.17) is 0 Å². The van der Waals surface area contributed by atoms with Crippen LogP contribution in [-0.2, 0) is 12.4 Å². The van der Waals surface area contributed by atoms with Crippen LogP contribution in [0.3, 0.4) is 0 Å². The maximum absolute atomic E-state index is 13.2. The van der Waals surface area contributed by atoms with Crippen LogP contribution in [0.15, 0.2) is 42.0 Å². The molecule has 0 spiro atoms. The molecule has 0 amide bonds. The zero-order chi connectivity index (χ0) is 35.1. The summed E-state index contributed by atoms with van der Waals surface area (Å²) in [6.45, 7) is 0. The smallest absolute Gasteiger partial charge is 0.232 e. The van der Waals surface area contributed by atoms with Crippen molar-refractivity contribution >= 4 is 33.4 Å². The highest BCUT2D eigenvalue weighted by molar-refractivity contribution is 6.30. The van der Waals surface area contributed by atoms with E-state index in [2.05, 4.69) is 19.9 Å². The van der Waals surface area contributed by atoms with Crippen LogP contribution in [0.25, 0.3) is 33.4 Å². The van der Waals surface area contributed by atoms with Crippen molar-refractivity contribution in [2.75, 3.05) is 0 Å². The Morgan fingerprint density at radius 3 is 1.10 bits per heavy atom. The first-order chi connectivity index (χ1) is 22.8. The fraction of sp³-hybridized carbons (Fsp3) is 0.0645. The summed E-state index contributed by atoms with van der Waals surface area (Å²) in [4.78, 5) is 13.1. The molecule has 226 valence electrons. The molecule has 2 aromatic heterocycles. The average Bonchev–Trinajstić information content (AvgIpc) is 3.57. The van der Waals surface area contributed by atoms with Gasteiger partial charge in [0.05, 0.1) is 16.7 Å². The molecule has 2 aliphatic rings. The van der Waals surface area contributed by atoms with Gasteiger partial charge in [-0.25, -0.2) is 19.9 Å². The molecule has 0 saturated carbocycles. The number of nitrogens with zero attached hydrogens (tertiary/aromatic N) is 11. The summed E-state index contributed by atoms with van der Waals surface area (Å²) in [5.41, 5.74) is -5.47. The van der Waals surface area contributed by atoms with Crippen LogP contribution in [0.2, 0.25) is 0 Å². The fourth-order valence-corrected chi connectivity index (χ4v) is 5.27. The zero-order valence-corrected chi connectivity index (χ0v) is 23.1. The molecule has 0 aliphatic heterocycles. The van der Waals surface area contributed by atoms with Crippen LogP contribution in [0.4, 0.5) is 26.3 Å². The number of halogens is 6. The van der Waals surface area contributed by atoms with Gasteiger partial charge in [0, 0.05) is 80.5 Å². The zero-order valence-electron chi connectivity index (χ0n) is 23.1. The van der Waals surface area contributed by atoms with Crippen molar-refractivity contribution in [2.24, 2.45) is 0 Å². The molecule has 0 unspecified atom stereocenters. The second-order valence-corrected chi connectivity index (χ2v) is 9.47. The molecule has 5 rings (SSSR count). The lowest BCUT2D eigenvalue weighted by Gasteiger charge is -2.14. The lowest BCUT2D eigenvalue weighted by Crippen LogP contribution is -2.11. The van der Waals surface area contributed by atoms with Crippen LogP contribution >= 0.6 is 0 Å². The lowest BCUT2D eigenvalue weighted by molar-refractivity contribution is -0.145. The number of hydrogen-bond acceptors (Lipinski definition) is 11. The molecule has 17 heteroatoms. The van der Waals surface area contributed by atoms with Crippen LogP contribution in [0.1, 0.15) is 50.6 Å². The van der Waals surface area contributed by atoms with Gasteiger partial charge < -0.3 is 0 Å². The predicted octanol–water partition coefficient (Wildman–Crippen LogP) is 5.67. The Morgan fingerprint density at radius 1 is 0.521 bits per heavy atom. The van der Waals surface area contributed by atoms with Crippen molar-refractivity contribution < 1.29 is 26.3 Å². The molecule has 48 heavy (non-hydrogen) atoms. The van der Waals surface area contributed by atoms with Gasteiger partial charge in [0.1, 0.15) is 53.6 Å². The van der Waals surface area contributed by atoms with Gasteiger partial charge in [0.25, 0.3) is 0 Å². The van der Waals surface area contributed by atoms with Crippen LogP contribution in [0, 0.1) is 79.3 Å². The van der Waals surface area contributed by atoms with E-state index in [1.54, 1.807) is 24.3 Å². The maximum atomic E-state index is 13.2. The molecule has 2 heterocycles. The minimum absolute atomic E-state index is 0.173. The molecular weight excluding hydrogens is 640 g/mol. The highest BCUT2D eigenvalue weighted by atomic mass is 19.4. The predicted molar refractivity (Wildman–Crippen MR) is 146 cm³/mol. The van der Waals surface area contributed by atoms with E-state index in [1.165, 1.54) is 0 Å².